The predicted octanol–water partition coefficient (Wildman–Crippen LogP) is 0.583. The van der Waals surface area contributed by atoms with Crippen molar-refractivity contribution in [3.63, 3.8) is 0 Å². The molecule has 9 nitrogen and oxygen atoms in total. The van der Waals surface area contributed by atoms with Crippen LogP contribution in [0.25, 0.3) is 0 Å². The number of rotatable bonds is 8. The Hall–Kier alpha value is -0.360. The lowest BCUT2D eigenvalue weighted by atomic mass is 9.97. The smallest absolute Gasteiger partial charge is 0.187 e. The van der Waals surface area contributed by atoms with Crippen molar-refractivity contribution in [1.82, 2.24) is 0 Å². The minimum absolute atomic E-state index is 0.248. The number of hydrogen-bond donors (Lipinski definition) is 0. The van der Waals surface area contributed by atoms with Crippen LogP contribution in [-0.4, -0.2) is 104 Å². The van der Waals surface area contributed by atoms with E-state index in [4.69, 9.17) is 42.6 Å². The molecule has 2 aliphatic heterocycles. The molecule has 0 aliphatic carbocycles. The number of ether oxygens (including phenoxy) is 9. The Labute approximate surface area is 161 Å². The van der Waals surface area contributed by atoms with E-state index >= 15 is 0 Å². The van der Waals surface area contributed by atoms with Gasteiger partial charge in [0.15, 0.2) is 12.6 Å². The molecule has 2 rings (SSSR count). The molecule has 2 saturated heterocycles. The van der Waals surface area contributed by atoms with Gasteiger partial charge in [-0.1, -0.05) is 0 Å². The largest absolute Gasteiger partial charge is 0.376 e. The first-order chi connectivity index (χ1) is 13.0. The molecule has 0 bridgehead atoms. The minimum atomic E-state index is -0.688. The molecule has 0 saturated carbocycles. The van der Waals surface area contributed by atoms with Gasteiger partial charge in [0.25, 0.3) is 0 Å². The van der Waals surface area contributed by atoms with Crippen LogP contribution in [0.4, 0.5) is 0 Å². The Kier molecular flexibility index (Phi) is 8.85. The van der Waals surface area contributed by atoms with Gasteiger partial charge in [0.05, 0.1) is 12.2 Å². The summed E-state index contributed by atoms with van der Waals surface area (Å²) in [5.41, 5.74) is 0. The van der Waals surface area contributed by atoms with Crippen molar-refractivity contribution < 1.29 is 42.6 Å². The summed E-state index contributed by atoms with van der Waals surface area (Å²) < 4.78 is 51.7. The maximum Gasteiger partial charge on any atom is 0.187 e. The topological polar surface area (TPSA) is 83.1 Å². The first-order valence-electron chi connectivity index (χ1n) is 9.10. The SMILES string of the molecule is COC1OC(C)C(OC2OC(C)C(OC)C(OC)C2OC)C(OC)C1OC. The Balaban J connectivity index is 2.21. The summed E-state index contributed by atoms with van der Waals surface area (Å²) in [4.78, 5) is 0. The van der Waals surface area contributed by atoms with Crippen LogP contribution >= 0.6 is 0 Å². The fourth-order valence-electron chi connectivity index (χ4n) is 3.95. The van der Waals surface area contributed by atoms with E-state index in [2.05, 4.69) is 0 Å². The Bertz CT molecular complexity index is 437. The van der Waals surface area contributed by atoms with Crippen molar-refractivity contribution in [3.05, 3.63) is 0 Å². The second-order valence-corrected chi connectivity index (χ2v) is 6.76. The molecule has 2 aliphatic rings. The van der Waals surface area contributed by atoms with Crippen LogP contribution in [0.2, 0.25) is 0 Å². The molecule has 0 aromatic rings. The van der Waals surface area contributed by atoms with Crippen LogP contribution in [0.15, 0.2) is 0 Å². The van der Waals surface area contributed by atoms with Crippen LogP contribution < -0.4 is 0 Å². The highest BCUT2D eigenvalue weighted by molar-refractivity contribution is 4.94. The van der Waals surface area contributed by atoms with Crippen LogP contribution in [0, 0.1) is 0 Å². The summed E-state index contributed by atoms with van der Waals surface area (Å²) >= 11 is 0. The first-order valence-corrected chi connectivity index (χ1v) is 9.10. The molecule has 0 aromatic carbocycles. The molecule has 0 aromatic heterocycles. The fraction of sp³-hybridized carbons (Fsp3) is 1.00. The normalized spacial score (nSPS) is 45.8. The summed E-state index contributed by atoms with van der Waals surface area (Å²) in [5.74, 6) is 0. The second kappa shape index (κ2) is 10.4. The Morgan fingerprint density at radius 1 is 0.444 bits per heavy atom. The summed E-state index contributed by atoms with van der Waals surface area (Å²) in [6, 6.07) is 0. The van der Waals surface area contributed by atoms with E-state index < -0.39 is 37.0 Å². The standard InChI is InChI=1S/C18H34O9/c1-9-11(19-3)13(20-4)16(23-7)18(26-9)27-12-10(2)25-17(24-8)15(22-6)14(12)21-5/h9-18H,1-8H3. The van der Waals surface area contributed by atoms with Gasteiger partial charge in [0.1, 0.15) is 36.6 Å². The average molecular weight is 394 g/mol. The minimum Gasteiger partial charge on any atom is -0.376 e. The van der Waals surface area contributed by atoms with Gasteiger partial charge < -0.3 is 42.6 Å². The fourth-order valence-corrected chi connectivity index (χ4v) is 3.95. The first kappa shape index (κ1) is 22.9. The van der Waals surface area contributed by atoms with E-state index in [1.165, 1.54) is 0 Å². The molecule has 10 atom stereocenters. The van der Waals surface area contributed by atoms with E-state index in [1.54, 1.807) is 42.7 Å². The molecule has 0 spiro atoms. The van der Waals surface area contributed by atoms with E-state index in [0.29, 0.717) is 0 Å². The van der Waals surface area contributed by atoms with E-state index in [-0.39, 0.29) is 24.4 Å². The molecular weight excluding hydrogens is 360 g/mol. The summed E-state index contributed by atoms with van der Waals surface area (Å²) in [6.07, 6.45) is -4.24. The van der Waals surface area contributed by atoms with Gasteiger partial charge >= 0.3 is 0 Å². The van der Waals surface area contributed by atoms with Crippen molar-refractivity contribution in [2.24, 2.45) is 0 Å². The molecular formula is C18H34O9. The van der Waals surface area contributed by atoms with Gasteiger partial charge in [-0.3, -0.25) is 0 Å². The van der Waals surface area contributed by atoms with Gasteiger partial charge in [-0.2, -0.15) is 0 Å². The van der Waals surface area contributed by atoms with Crippen molar-refractivity contribution in [3.8, 4) is 0 Å². The van der Waals surface area contributed by atoms with Crippen molar-refractivity contribution >= 4 is 0 Å². The van der Waals surface area contributed by atoms with Gasteiger partial charge in [0.2, 0.25) is 0 Å². The summed E-state index contributed by atoms with van der Waals surface area (Å²) in [7, 11) is 9.59. The maximum absolute atomic E-state index is 6.30. The third-order valence-electron chi connectivity index (χ3n) is 5.34. The van der Waals surface area contributed by atoms with Gasteiger partial charge in [-0.25, -0.2) is 0 Å². The summed E-state index contributed by atoms with van der Waals surface area (Å²) in [5, 5.41) is 0. The summed E-state index contributed by atoms with van der Waals surface area (Å²) in [6.45, 7) is 3.81. The van der Waals surface area contributed by atoms with Crippen molar-refractivity contribution in [2.75, 3.05) is 42.7 Å². The lowest BCUT2D eigenvalue weighted by Crippen LogP contribution is -2.64. The zero-order chi connectivity index (χ0) is 20.1. The zero-order valence-electron chi connectivity index (χ0n) is 17.4. The van der Waals surface area contributed by atoms with Gasteiger partial charge in [0, 0.05) is 42.7 Å². The average Bonchev–Trinajstić information content (AvgIpc) is 2.67. The molecule has 160 valence electrons. The van der Waals surface area contributed by atoms with Crippen molar-refractivity contribution in [1.29, 1.82) is 0 Å². The van der Waals surface area contributed by atoms with Gasteiger partial charge in [-0.05, 0) is 13.8 Å². The molecule has 0 radical (unpaired) electrons. The lowest BCUT2D eigenvalue weighted by Gasteiger charge is -2.48. The van der Waals surface area contributed by atoms with Crippen LogP contribution in [0.1, 0.15) is 13.8 Å². The molecule has 0 amide bonds. The van der Waals surface area contributed by atoms with Crippen molar-refractivity contribution in [2.45, 2.75) is 75.3 Å². The molecule has 10 unspecified atom stereocenters. The highest BCUT2D eigenvalue weighted by Gasteiger charge is 2.51. The van der Waals surface area contributed by atoms with Crippen LogP contribution in [-0.2, 0) is 42.6 Å². The zero-order valence-corrected chi connectivity index (χ0v) is 17.4. The number of hydrogen-bond acceptors (Lipinski definition) is 9. The van der Waals surface area contributed by atoms with E-state index in [1.807, 2.05) is 13.8 Å². The Morgan fingerprint density at radius 3 is 1.33 bits per heavy atom. The highest BCUT2D eigenvalue weighted by Crippen LogP contribution is 2.33. The molecule has 2 fully saturated rings. The molecule has 27 heavy (non-hydrogen) atoms. The van der Waals surface area contributed by atoms with Gasteiger partial charge in [-0.15, -0.1) is 0 Å². The second-order valence-electron chi connectivity index (χ2n) is 6.76. The lowest BCUT2D eigenvalue weighted by molar-refractivity contribution is -0.358. The third-order valence-corrected chi connectivity index (χ3v) is 5.34. The highest BCUT2D eigenvalue weighted by atomic mass is 16.8. The Morgan fingerprint density at radius 2 is 0.852 bits per heavy atom. The van der Waals surface area contributed by atoms with E-state index in [0.717, 1.165) is 0 Å². The van der Waals surface area contributed by atoms with Crippen LogP contribution in [0.5, 0.6) is 0 Å². The molecule has 2 heterocycles. The molecule has 9 heteroatoms. The molecule has 0 N–H and O–H groups in total. The van der Waals surface area contributed by atoms with E-state index in [9.17, 15) is 0 Å². The number of methoxy groups -OCH3 is 6. The third kappa shape index (κ3) is 4.63. The maximum atomic E-state index is 6.30. The van der Waals surface area contributed by atoms with Crippen LogP contribution in [0.3, 0.4) is 0 Å². The monoisotopic (exact) mass is 394 g/mol. The quantitative estimate of drug-likeness (QED) is 0.587. The predicted molar refractivity (Wildman–Crippen MR) is 94.5 cm³/mol.